The van der Waals surface area contributed by atoms with E-state index in [2.05, 4.69) is 21.0 Å². The lowest BCUT2D eigenvalue weighted by molar-refractivity contribution is 0.284. The van der Waals surface area contributed by atoms with E-state index in [1.54, 1.807) is 36.4 Å². The van der Waals surface area contributed by atoms with Gasteiger partial charge in [0.15, 0.2) is 11.5 Å². The van der Waals surface area contributed by atoms with Crippen molar-refractivity contribution in [2.75, 3.05) is 7.11 Å². The van der Waals surface area contributed by atoms with Gasteiger partial charge in [-0.1, -0.05) is 60.4 Å². The normalized spacial score (nSPS) is 11.9. The summed E-state index contributed by atoms with van der Waals surface area (Å²) >= 11 is 9.91. The smallest absolute Gasteiger partial charge is 0.282 e. The van der Waals surface area contributed by atoms with Crippen molar-refractivity contribution in [2.24, 2.45) is 5.10 Å². The predicted octanol–water partition coefficient (Wildman–Crippen LogP) is 6.72. The molecule has 0 saturated carbocycles. The fourth-order valence-electron chi connectivity index (χ4n) is 3.60. The highest BCUT2D eigenvalue weighted by atomic mass is 79.9. The highest BCUT2D eigenvalue weighted by Crippen LogP contribution is 2.36. The highest BCUT2D eigenvalue weighted by Gasteiger charge is 2.23. The number of nitrogens with zero attached hydrogens (tertiary/aromatic N) is 3. The zero-order chi connectivity index (χ0) is 26.0. The van der Waals surface area contributed by atoms with E-state index in [-0.39, 0.29) is 23.0 Å². The van der Waals surface area contributed by atoms with Crippen LogP contribution in [0.1, 0.15) is 37.7 Å². The molecule has 0 aliphatic heterocycles. The van der Waals surface area contributed by atoms with Crippen LogP contribution in [0, 0.1) is 5.82 Å². The molecule has 0 unspecified atom stereocenters. The molecule has 0 aliphatic carbocycles. The Labute approximate surface area is 221 Å². The Bertz CT molecular complexity index is 1530. The monoisotopic (exact) mass is 571 g/mol. The summed E-state index contributed by atoms with van der Waals surface area (Å²) in [7, 11) is 1.49. The molecule has 0 bridgehead atoms. The molecule has 0 spiro atoms. The Morgan fingerprint density at radius 1 is 1.17 bits per heavy atom. The molecule has 6 nitrogen and oxygen atoms in total. The molecule has 1 aromatic heterocycles. The molecular formula is C27H24BrClFN3O3. The van der Waals surface area contributed by atoms with Crippen LogP contribution in [0.25, 0.3) is 10.9 Å². The molecule has 4 rings (SSSR count). The maximum absolute atomic E-state index is 13.5. The molecule has 0 atom stereocenters. The second-order valence-electron chi connectivity index (χ2n) is 9.16. The summed E-state index contributed by atoms with van der Waals surface area (Å²) in [6.45, 7) is 6.02. The van der Waals surface area contributed by atoms with Gasteiger partial charge in [-0.2, -0.15) is 9.78 Å². The van der Waals surface area contributed by atoms with Gasteiger partial charge in [0.05, 0.1) is 29.2 Å². The number of benzene rings is 3. The SMILES string of the molecule is COc1cc(C=Nn2c(C(C)(C)C)nc3ccc(Br)cc3c2=O)cc(Cl)c1OCc1cccc(F)c1. The molecule has 36 heavy (non-hydrogen) atoms. The second kappa shape index (κ2) is 10.4. The van der Waals surface area contributed by atoms with E-state index in [1.807, 2.05) is 26.8 Å². The Kier molecular flexibility index (Phi) is 7.47. The van der Waals surface area contributed by atoms with Crippen LogP contribution in [0.4, 0.5) is 4.39 Å². The van der Waals surface area contributed by atoms with Gasteiger partial charge in [0.25, 0.3) is 5.56 Å². The lowest BCUT2D eigenvalue weighted by atomic mass is 9.95. The fraction of sp³-hybridized carbons (Fsp3) is 0.222. The van der Waals surface area contributed by atoms with Gasteiger partial charge in [-0.05, 0) is 53.6 Å². The van der Waals surface area contributed by atoms with Crippen LogP contribution in [0.3, 0.4) is 0 Å². The average molecular weight is 573 g/mol. The Morgan fingerprint density at radius 3 is 2.64 bits per heavy atom. The van der Waals surface area contributed by atoms with Gasteiger partial charge in [-0.25, -0.2) is 9.37 Å². The molecule has 186 valence electrons. The van der Waals surface area contributed by atoms with Gasteiger partial charge in [-0.3, -0.25) is 4.79 Å². The van der Waals surface area contributed by atoms with Crippen molar-refractivity contribution in [1.29, 1.82) is 0 Å². The molecule has 0 amide bonds. The summed E-state index contributed by atoms with van der Waals surface area (Å²) in [6.07, 6.45) is 1.52. The van der Waals surface area contributed by atoms with E-state index in [0.717, 1.165) is 4.47 Å². The van der Waals surface area contributed by atoms with Gasteiger partial charge in [0.2, 0.25) is 0 Å². The first-order valence-corrected chi connectivity index (χ1v) is 12.3. The maximum Gasteiger partial charge on any atom is 0.282 e. The van der Waals surface area contributed by atoms with E-state index in [0.29, 0.717) is 39.4 Å². The molecular weight excluding hydrogens is 549 g/mol. The van der Waals surface area contributed by atoms with E-state index in [1.165, 1.54) is 30.1 Å². The van der Waals surface area contributed by atoms with E-state index in [9.17, 15) is 9.18 Å². The van der Waals surface area contributed by atoms with Crippen molar-refractivity contribution in [1.82, 2.24) is 9.66 Å². The second-order valence-corrected chi connectivity index (χ2v) is 10.5. The molecule has 0 N–H and O–H groups in total. The first-order valence-electron chi connectivity index (χ1n) is 11.1. The maximum atomic E-state index is 13.5. The van der Waals surface area contributed by atoms with Crippen LogP contribution in [-0.2, 0) is 12.0 Å². The van der Waals surface area contributed by atoms with E-state index in [4.69, 9.17) is 26.1 Å². The Balaban J connectivity index is 1.71. The topological polar surface area (TPSA) is 65.7 Å². The summed E-state index contributed by atoms with van der Waals surface area (Å²) in [5.41, 5.74) is 1.13. The predicted molar refractivity (Wildman–Crippen MR) is 144 cm³/mol. The number of fused-ring (bicyclic) bond motifs is 1. The Hall–Kier alpha value is -3.23. The van der Waals surface area contributed by atoms with Crippen LogP contribution in [-0.4, -0.2) is 23.0 Å². The van der Waals surface area contributed by atoms with Crippen LogP contribution < -0.4 is 15.0 Å². The zero-order valence-corrected chi connectivity index (χ0v) is 22.5. The minimum atomic E-state index is -0.443. The van der Waals surface area contributed by atoms with Gasteiger partial charge in [0, 0.05) is 9.89 Å². The largest absolute Gasteiger partial charge is 0.493 e. The van der Waals surface area contributed by atoms with Crippen molar-refractivity contribution in [3.8, 4) is 11.5 Å². The van der Waals surface area contributed by atoms with Crippen molar-refractivity contribution in [2.45, 2.75) is 32.8 Å². The van der Waals surface area contributed by atoms with Crippen LogP contribution in [0.15, 0.2) is 69.0 Å². The third-order valence-corrected chi connectivity index (χ3v) is 6.10. The summed E-state index contributed by atoms with van der Waals surface area (Å²) in [4.78, 5) is 18.1. The van der Waals surface area contributed by atoms with Gasteiger partial charge in [0.1, 0.15) is 18.2 Å². The standard InChI is InChI=1S/C27H24BrClFN3O3/c1-27(2,3)26-32-22-9-8-18(28)13-20(22)25(34)33(26)31-14-17-11-21(29)24(23(12-17)35-4)36-15-16-6-5-7-19(30)10-16/h5-14H,15H2,1-4H3. The lowest BCUT2D eigenvalue weighted by Crippen LogP contribution is -2.29. The molecule has 3 aromatic carbocycles. The average Bonchev–Trinajstić information content (AvgIpc) is 2.82. The quantitative estimate of drug-likeness (QED) is 0.241. The number of halogens is 3. The molecule has 0 fully saturated rings. The van der Waals surface area contributed by atoms with E-state index >= 15 is 0 Å². The summed E-state index contributed by atoms with van der Waals surface area (Å²) < 4.78 is 26.9. The number of aromatic nitrogens is 2. The molecule has 0 aliphatic rings. The molecule has 9 heteroatoms. The van der Waals surface area contributed by atoms with Crippen LogP contribution in [0.5, 0.6) is 11.5 Å². The molecule has 0 radical (unpaired) electrons. The molecule has 4 aromatic rings. The number of hydrogen-bond donors (Lipinski definition) is 0. The number of ether oxygens (including phenoxy) is 2. The van der Waals surface area contributed by atoms with Gasteiger partial charge < -0.3 is 9.47 Å². The highest BCUT2D eigenvalue weighted by molar-refractivity contribution is 9.10. The third-order valence-electron chi connectivity index (χ3n) is 5.33. The summed E-state index contributed by atoms with van der Waals surface area (Å²) in [6, 6.07) is 14.9. The molecule has 1 heterocycles. The van der Waals surface area contributed by atoms with Crippen LogP contribution in [0.2, 0.25) is 5.02 Å². The number of hydrogen-bond acceptors (Lipinski definition) is 5. The zero-order valence-electron chi connectivity index (χ0n) is 20.2. The van der Waals surface area contributed by atoms with Crippen molar-refractivity contribution in [3.05, 3.63) is 97.2 Å². The Morgan fingerprint density at radius 2 is 1.94 bits per heavy atom. The van der Waals surface area contributed by atoms with Crippen molar-refractivity contribution >= 4 is 44.6 Å². The lowest BCUT2D eigenvalue weighted by Gasteiger charge is -2.21. The number of methoxy groups -OCH3 is 1. The first kappa shape index (κ1) is 25.9. The first-order chi connectivity index (χ1) is 17.1. The van der Waals surface area contributed by atoms with Crippen LogP contribution >= 0.6 is 27.5 Å². The van der Waals surface area contributed by atoms with Gasteiger partial charge in [-0.15, -0.1) is 0 Å². The number of rotatable bonds is 6. The van der Waals surface area contributed by atoms with E-state index < -0.39 is 5.41 Å². The third kappa shape index (κ3) is 5.60. The summed E-state index contributed by atoms with van der Waals surface area (Å²) in [5, 5.41) is 5.21. The van der Waals surface area contributed by atoms with Gasteiger partial charge >= 0.3 is 0 Å². The molecule has 0 saturated heterocycles. The minimum absolute atomic E-state index is 0.115. The van der Waals surface area contributed by atoms with Crippen molar-refractivity contribution < 1.29 is 13.9 Å². The minimum Gasteiger partial charge on any atom is -0.493 e. The fourth-order valence-corrected chi connectivity index (χ4v) is 4.24. The summed E-state index contributed by atoms with van der Waals surface area (Å²) in [5.74, 6) is 0.877. The van der Waals surface area contributed by atoms with Crippen molar-refractivity contribution in [3.63, 3.8) is 0 Å².